The fourth-order valence-corrected chi connectivity index (χ4v) is 3.60. The zero-order chi connectivity index (χ0) is 22.3. The number of halogens is 2. The van der Waals surface area contributed by atoms with Crippen molar-refractivity contribution in [2.75, 3.05) is 23.3 Å². The molecule has 0 aliphatic carbocycles. The molecule has 1 aliphatic heterocycles. The van der Waals surface area contributed by atoms with Gasteiger partial charge in [-0.15, -0.1) is 0 Å². The molecule has 2 aromatic heterocycles. The minimum Gasteiger partial charge on any atom is -0.489 e. The maximum Gasteiger partial charge on any atom is 0.159 e. The molecule has 3 aromatic rings. The summed E-state index contributed by atoms with van der Waals surface area (Å²) in [7, 11) is 0. The average Bonchev–Trinajstić information content (AvgIpc) is 2.81. The maximum absolute atomic E-state index is 13.4. The largest absolute Gasteiger partial charge is 0.489 e. The van der Waals surface area contributed by atoms with Crippen LogP contribution in [0.2, 0.25) is 0 Å². The Labute approximate surface area is 186 Å². The Morgan fingerprint density at radius 3 is 2.69 bits per heavy atom. The molecular weight excluding hydrogens is 412 g/mol. The molecular formula is C24H25F2N5O. The van der Waals surface area contributed by atoms with Crippen LogP contribution in [0.5, 0.6) is 5.75 Å². The van der Waals surface area contributed by atoms with Crippen LogP contribution in [0, 0.1) is 11.6 Å². The number of anilines is 2. The number of hydrogen-bond donors (Lipinski definition) is 2. The maximum atomic E-state index is 13.4. The molecule has 1 saturated heterocycles. The molecule has 6 nitrogen and oxygen atoms in total. The van der Waals surface area contributed by atoms with E-state index < -0.39 is 11.6 Å². The predicted molar refractivity (Wildman–Crippen MR) is 120 cm³/mol. The monoisotopic (exact) mass is 437 g/mol. The van der Waals surface area contributed by atoms with Gasteiger partial charge >= 0.3 is 0 Å². The molecule has 3 heterocycles. The van der Waals surface area contributed by atoms with Gasteiger partial charge in [0.25, 0.3) is 0 Å². The van der Waals surface area contributed by atoms with E-state index in [9.17, 15) is 8.78 Å². The number of hydrogen-bond acceptors (Lipinski definition) is 6. The zero-order valence-electron chi connectivity index (χ0n) is 17.6. The average molecular weight is 437 g/mol. The lowest BCUT2D eigenvalue weighted by molar-refractivity contribution is 0.304. The second-order valence-corrected chi connectivity index (χ2v) is 7.64. The Balaban J connectivity index is 1.27. The third-order valence-electron chi connectivity index (χ3n) is 5.26. The second-order valence-electron chi connectivity index (χ2n) is 7.64. The molecule has 1 fully saturated rings. The van der Waals surface area contributed by atoms with E-state index >= 15 is 0 Å². The first-order valence-corrected chi connectivity index (χ1v) is 10.5. The van der Waals surface area contributed by atoms with Crippen molar-refractivity contribution >= 4 is 11.5 Å². The van der Waals surface area contributed by atoms with Crippen LogP contribution in [0.4, 0.5) is 20.3 Å². The second kappa shape index (κ2) is 10.1. The molecule has 166 valence electrons. The normalized spacial score (nSPS) is 14.1. The summed E-state index contributed by atoms with van der Waals surface area (Å²) >= 11 is 0. The molecule has 1 aliphatic rings. The SMILES string of the molecule is C=C(Nc1cccnc1)NC1CCN(c2cc(OCc3ccc(F)c(F)c3)ccn2)CC1. The number of nitrogens with zero attached hydrogens (tertiary/aromatic N) is 3. The predicted octanol–water partition coefficient (Wildman–Crippen LogP) is 4.48. The van der Waals surface area contributed by atoms with Gasteiger partial charge in [-0.05, 0) is 48.7 Å². The third kappa shape index (κ3) is 5.72. The molecule has 0 atom stereocenters. The van der Waals surface area contributed by atoms with Crippen LogP contribution in [0.3, 0.4) is 0 Å². The van der Waals surface area contributed by atoms with Crippen molar-refractivity contribution in [1.82, 2.24) is 15.3 Å². The summed E-state index contributed by atoms with van der Waals surface area (Å²) in [4.78, 5) is 10.8. The molecule has 0 amide bonds. The van der Waals surface area contributed by atoms with Crippen LogP contribution in [-0.2, 0) is 6.61 Å². The molecule has 0 saturated carbocycles. The summed E-state index contributed by atoms with van der Waals surface area (Å²) in [5.41, 5.74) is 1.46. The van der Waals surface area contributed by atoms with Crippen molar-refractivity contribution in [2.24, 2.45) is 0 Å². The highest BCUT2D eigenvalue weighted by Crippen LogP contribution is 2.23. The van der Waals surface area contributed by atoms with E-state index in [4.69, 9.17) is 4.74 Å². The minimum atomic E-state index is -0.878. The van der Waals surface area contributed by atoms with Gasteiger partial charge < -0.3 is 20.3 Å². The first-order valence-electron chi connectivity index (χ1n) is 10.5. The first kappa shape index (κ1) is 21.5. The molecule has 2 N–H and O–H groups in total. The van der Waals surface area contributed by atoms with Gasteiger partial charge in [0.05, 0.1) is 17.7 Å². The van der Waals surface area contributed by atoms with Gasteiger partial charge in [-0.1, -0.05) is 12.6 Å². The Bertz CT molecular complexity index is 1060. The van der Waals surface area contributed by atoms with Crippen molar-refractivity contribution in [3.63, 3.8) is 0 Å². The smallest absolute Gasteiger partial charge is 0.159 e. The lowest BCUT2D eigenvalue weighted by atomic mass is 10.1. The number of nitrogens with one attached hydrogen (secondary N) is 2. The molecule has 0 bridgehead atoms. The minimum absolute atomic E-state index is 0.151. The number of benzene rings is 1. The first-order chi connectivity index (χ1) is 15.6. The number of rotatable bonds is 8. The Morgan fingerprint density at radius 2 is 1.94 bits per heavy atom. The third-order valence-corrected chi connectivity index (χ3v) is 5.26. The highest BCUT2D eigenvalue weighted by Gasteiger charge is 2.20. The van der Waals surface area contributed by atoms with Crippen molar-refractivity contribution in [1.29, 1.82) is 0 Å². The van der Waals surface area contributed by atoms with E-state index in [0.29, 0.717) is 17.4 Å². The standard InChI is InChI=1S/C24H25F2N5O/c1-17(30-20-3-2-9-27-15-20)29-19-7-11-31(12-8-19)24-14-21(6-10-28-24)32-16-18-4-5-22(25)23(26)13-18/h2-6,9-10,13-15,19,29-30H,1,7-8,11-12,16H2. The van der Waals surface area contributed by atoms with E-state index in [1.807, 2.05) is 18.2 Å². The van der Waals surface area contributed by atoms with Crippen molar-refractivity contribution in [2.45, 2.75) is 25.5 Å². The van der Waals surface area contributed by atoms with Gasteiger partial charge in [-0.3, -0.25) is 4.98 Å². The van der Waals surface area contributed by atoms with Crippen LogP contribution in [0.1, 0.15) is 18.4 Å². The van der Waals surface area contributed by atoms with Crippen LogP contribution in [0.25, 0.3) is 0 Å². The number of pyridine rings is 2. The van der Waals surface area contributed by atoms with Crippen LogP contribution in [0.15, 0.2) is 73.5 Å². The van der Waals surface area contributed by atoms with Gasteiger partial charge in [-0.2, -0.15) is 0 Å². The van der Waals surface area contributed by atoms with E-state index in [1.165, 1.54) is 6.07 Å². The van der Waals surface area contributed by atoms with Crippen LogP contribution < -0.4 is 20.3 Å². The molecule has 1 aromatic carbocycles. The molecule has 4 rings (SSSR count). The zero-order valence-corrected chi connectivity index (χ0v) is 17.6. The summed E-state index contributed by atoms with van der Waals surface area (Å²) in [5, 5.41) is 6.65. The van der Waals surface area contributed by atoms with Gasteiger partial charge in [0.1, 0.15) is 18.2 Å². The van der Waals surface area contributed by atoms with Gasteiger partial charge in [0.2, 0.25) is 0 Å². The molecule has 0 spiro atoms. The van der Waals surface area contributed by atoms with Crippen LogP contribution >= 0.6 is 0 Å². The van der Waals surface area contributed by atoms with E-state index in [0.717, 1.165) is 55.4 Å². The fourth-order valence-electron chi connectivity index (χ4n) is 3.60. The number of ether oxygens (including phenoxy) is 1. The van der Waals surface area contributed by atoms with Gasteiger partial charge in [0.15, 0.2) is 11.6 Å². The van der Waals surface area contributed by atoms with E-state index in [1.54, 1.807) is 24.7 Å². The van der Waals surface area contributed by atoms with Crippen molar-refractivity contribution in [3.05, 3.63) is 90.7 Å². The Kier molecular flexibility index (Phi) is 6.79. The Hall–Kier alpha value is -3.68. The highest BCUT2D eigenvalue weighted by atomic mass is 19.2. The molecule has 0 radical (unpaired) electrons. The van der Waals surface area contributed by atoms with E-state index in [2.05, 4.69) is 32.1 Å². The van der Waals surface area contributed by atoms with Gasteiger partial charge in [-0.25, -0.2) is 13.8 Å². The lowest BCUT2D eigenvalue weighted by Gasteiger charge is -2.34. The van der Waals surface area contributed by atoms with Gasteiger partial charge in [0, 0.05) is 37.6 Å². The summed E-state index contributed by atoms with van der Waals surface area (Å²) in [5.74, 6) is 0.473. The number of aromatic nitrogens is 2. The van der Waals surface area contributed by atoms with Crippen LogP contribution in [-0.4, -0.2) is 29.1 Å². The molecule has 8 heteroatoms. The topological polar surface area (TPSA) is 62.3 Å². The quantitative estimate of drug-likeness (QED) is 0.542. The summed E-state index contributed by atoms with van der Waals surface area (Å²) in [6.07, 6.45) is 7.06. The fraction of sp³-hybridized carbons (Fsp3) is 0.250. The van der Waals surface area contributed by atoms with E-state index in [-0.39, 0.29) is 6.61 Å². The summed E-state index contributed by atoms with van der Waals surface area (Å²) in [6.45, 7) is 5.89. The van der Waals surface area contributed by atoms with Crippen molar-refractivity contribution < 1.29 is 13.5 Å². The molecule has 0 unspecified atom stereocenters. The number of piperidine rings is 1. The summed E-state index contributed by atoms with van der Waals surface area (Å²) in [6, 6.07) is 11.5. The Morgan fingerprint density at radius 1 is 1.09 bits per heavy atom. The highest BCUT2D eigenvalue weighted by molar-refractivity contribution is 5.45. The lowest BCUT2D eigenvalue weighted by Crippen LogP contribution is -2.43. The summed E-state index contributed by atoms with van der Waals surface area (Å²) < 4.78 is 32.2. The van der Waals surface area contributed by atoms with Crippen molar-refractivity contribution in [3.8, 4) is 5.75 Å². The molecule has 32 heavy (non-hydrogen) atoms.